The molecule has 1 aromatic carbocycles. The average molecular weight is 348 g/mol. The lowest BCUT2D eigenvalue weighted by Gasteiger charge is -2.17. The molecular formula is C17H17FN2O5. The van der Waals surface area contributed by atoms with Crippen LogP contribution in [0.4, 0.5) is 4.39 Å². The zero-order valence-corrected chi connectivity index (χ0v) is 13.9. The third-order valence-corrected chi connectivity index (χ3v) is 3.56. The number of nitrogens with one attached hydrogen (secondary N) is 1. The Labute approximate surface area is 143 Å². The molecule has 25 heavy (non-hydrogen) atoms. The van der Waals surface area contributed by atoms with Crippen molar-refractivity contribution < 1.29 is 28.6 Å². The van der Waals surface area contributed by atoms with Gasteiger partial charge in [-0.05, 0) is 25.1 Å². The van der Waals surface area contributed by atoms with Crippen molar-refractivity contribution in [2.24, 2.45) is 0 Å². The Kier molecular flexibility index (Phi) is 5.53. The number of hydrogen-bond acceptors (Lipinski definition) is 5. The lowest BCUT2D eigenvalue weighted by atomic mass is 10.1. The maximum Gasteiger partial charge on any atom is 0.337 e. The van der Waals surface area contributed by atoms with Crippen LogP contribution in [0.5, 0.6) is 11.5 Å². The predicted molar refractivity (Wildman–Crippen MR) is 86.6 cm³/mol. The number of aromatic carboxylic acids is 1. The number of carboxylic acid groups (broad SMARTS) is 1. The van der Waals surface area contributed by atoms with E-state index >= 15 is 0 Å². The summed E-state index contributed by atoms with van der Waals surface area (Å²) in [5.74, 6) is -1.67. The molecule has 0 aliphatic rings. The summed E-state index contributed by atoms with van der Waals surface area (Å²) in [6, 6.07) is 4.51. The van der Waals surface area contributed by atoms with Gasteiger partial charge in [0.2, 0.25) is 0 Å². The molecule has 1 heterocycles. The maximum absolute atomic E-state index is 14.2. The molecule has 0 bridgehead atoms. The number of aromatic nitrogens is 1. The largest absolute Gasteiger partial charge is 0.493 e. The molecule has 1 unspecified atom stereocenters. The van der Waals surface area contributed by atoms with E-state index in [0.717, 1.165) is 6.20 Å². The van der Waals surface area contributed by atoms with Gasteiger partial charge in [0.25, 0.3) is 5.91 Å². The molecule has 0 radical (unpaired) electrons. The minimum Gasteiger partial charge on any atom is -0.493 e. The lowest BCUT2D eigenvalue weighted by Crippen LogP contribution is -2.28. The number of carbonyl (C=O) groups excluding carboxylic acids is 1. The number of rotatable bonds is 6. The van der Waals surface area contributed by atoms with Crippen LogP contribution in [0.2, 0.25) is 0 Å². The Bertz CT molecular complexity index is 792. The van der Waals surface area contributed by atoms with Crippen molar-refractivity contribution >= 4 is 11.9 Å². The summed E-state index contributed by atoms with van der Waals surface area (Å²) in [6.07, 6.45) is 1.08. The molecule has 0 saturated carbocycles. The second kappa shape index (κ2) is 7.61. The molecule has 2 aromatic rings. The first-order valence-corrected chi connectivity index (χ1v) is 7.29. The van der Waals surface area contributed by atoms with Gasteiger partial charge in [0, 0.05) is 17.8 Å². The first-order valence-electron chi connectivity index (χ1n) is 7.29. The van der Waals surface area contributed by atoms with Gasteiger partial charge in [-0.25, -0.2) is 9.18 Å². The Morgan fingerprint density at radius 1 is 1.20 bits per heavy atom. The van der Waals surface area contributed by atoms with Gasteiger partial charge in [0.15, 0.2) is 11.5 Å². The number of halogens is 1. The van der Waals surface area contributed by atoms with Gasteiger partial charge in [-0.15, -0.1) is 0 Å². The average Bonchev–Trinajstić information content (AvgIpc) is 2.61. The second-order valence-electron chi connectivity index (χ2n) is 5.16. The monoisotopic (exact) mass is 348 g/mol. The summed E-state index contributed by atoms with van der Waals surface area (Å²) >= 11 is 0. The number of ether oxygens (including phenoxy) is 2. The van der Waals surface area contributed by atoms with Crippen LogP contribution in [0.15, 0.2) is 30.5 Å². The van der Waals surface area contributed by atoms with Crippen molar-refractivity contribution in [3.63, 3.8) is 0 Å². The topological polar surface area (TPSA) is 97.8 Å². The van der Waals surface area contributed by atoms with E-state index < -0.39 is 23.7 Å². The van der Waals surface area contributed by atoms with Crippen LogP contribution in [0.3, 0.4) is 0 Å². The van der Waals surface area contributed by atoms with Crippen molar-refractivity contribution in [2.45, 2.75) is 13.0 Å². The van der Waals surface area contributed by atoms with E-state index in [1.165, 1.54) is 38.5 Å². The van der Waals surface area contributed by atoms with Gasteiger partial charge in [-0.1, -0.05) is 0 Å². The van der Waals surface area contributed by atoms with Crippen molar-refractivity contribution in [2.75, 3.05) is 14.2 Å². The number of methoxy groups -OCH3 is 2. The molecule has 0 fully saturated rings. The number of pyridine rings is 1. The van der Waals surface area contributed by atoms with Gasteiger partial charge in [-0.3, -0.25) is 9.78 Å². The van der Waals surface area contributed by atoms with Crippen LogP contribution in [0, 0.1) is 5.82 Å². The van der Waals surface area contributed by atoms with Gasteiger partial charge in [-0.2, -0.15) is 0 Å². The number of carboxylic acids is 1. The normalized spacial score (nSPS) is 11.5. The van der Waals surface area contributed by atoms with Crippen LogP contribution in [0.1, 0.15) is 39.4 Å². The Balaban J connectivity index is 2.19. The summed E-state index contributed by atoms with van der Waals surface area (Å²) < 4.78 is 24.4. The van der Waals surface area contributed by atoms with E-state index in [1.54, 1.807) is 6.92 Å². The highest BCUT2D eigenvalue weighted by atomic mass is 19.1. The second-order valence-corrected chi connectivity index (χ2v) is 5.16. The fourth-order valence-electron chi connectivity index (χ4n) is 2.20. The summed E-state index contributed by atoms with van der Waals surface area (Å²) in [5.41, 5.74) is 0.210. The number of amides is 1. The molecule has 1 amide bonds. The van der Waals surface area contributed by atoms with Gasteiger partial charge >= 0.3 is 5.97 Å². The number of nitrogens with zero attached hydrogens (tertiary/aromatic N) is 1. The van der Waals surface area contributed by atoms with Crippen LogP contribution in [-0.4, -0.2) is 36.2 Å². The zero-order chi connectivity index (χ0) is 18.6. The van der Waals surface area contributed by atoms with E-state index in [1.807, 2.05) is 0 Å². The molecule has 2 rings (SSSR count). The van der Waals surface area contributed by atoms with Crippen LogP contribution >= 0.6 is 0 Å². The molecule has 8 heteroatoms. The fourth-order valence-corrected chi connectivity index (χ4v) is 2.20. The molecule has 1 atom stereocenters. The standard InChI is InChI=1S/C17H17FN2O5/c1-9(11-6-14(24-2)15(25-3)7-12(11)18)20-16(21)13-5-4-10(8-19-13)17(22)23/h4-9H,1-3H3,(H,20,21)(H,22,23). The number of benzene rings is 1. The molecule has 0 saturated heterocycles. The van der Waals surface area contributed by atoms with Crippen molar-refractivity contribution in [1.29, 1.82) is 0 Å². The van der Waals surface area contributed by atoms with Crippen LogP contribution < -0.4 is 14.8 Å². The van der Waals surface area contributed by atoms with E-state index in [2.05, 4.69) is 10.3 Å². The smallest absolute Gasteiger partial charge is 0.337 e. The highest BCUT2D eigenvalue weighted by molar-refractivity contribution is 5.94. The number of hydrogen-bond donors (Lipinski definition) is 2. The third kappa shape index (κ3) is 4.03. The molecule has 0 aliphatic heterocycles. The van der Waals surface area contributed by atoms with E-state index in [4.69, 9.17) is 14.6 Å². The molecular weight excluding hydrogens is 331 g/mol. The summed E-state index contributed by atoms with van der Waals surface area (Å²) in [4.78, 5) is 26.8. The van der Waals surface area contributed by atoms with Gasteiger partial charge in [0.1, 0.15) is 11.5 Å². The minimum atomic E-state index is -1.14. The molecule has 0 aliphatic carbocycles. The predicted octanol–water partition coefficient (Wildman–Crippen LogP) is 2.43. The first-order chi connectivity index (χ1) is 11.9. The molecule has 7 nitrogen and oxygen atoms in total. The van der Waals surface area contributed by atoms with E-state index in [-0.39, 0.29) is 22.6 Å². The SMILES string of the molecule is COc1cc(F)c(C(C)NC(=O)c2ccc(C(=O)O)cn2)cc1OC. The maximum atomic E-state index is 14.2. The quantitative estimate of drug-likeness (QED) is 0.832. The van der Waals surface area contributed by atoms with Crippen molar-refractivity contribution in [3.8, 4) is 11.5 Å². The van der Waals surface area contributed by atoms with Crippen molar-refractivity contribution in [1.82, 2.24) is 10.3 Å². The Morgan fingerprint density at radius 2 is 1.84 bits per heavy atom. The molecule has 0 spiro atoms. The Hall–Kier alpha value is -3.16. The van der Waals surface area contributed by atoms with E-state index in [0.29, 0.717) is 5.75 Å². The third-order valence-electron chi connectivity index (χ3n) is 3.56. The van der Waals surface area contributed by atoms with Gasteiger partial charge < -0.3 is 19.9 Å². The molecule has 2 N–H and O–H groups in total. The Morgan fingerprint density at radius 3 is 2.36 bits per heavy atom. The van der Waals surface area contributed by atoms with Crippen LogP contribution in [0.25, 0.3) is 0 Å². The highest BCUT2D eigenvalue weighted by Gasteiger charge is 2.19. The van der Waals surface area contributed by atoms with Gasteiger partial charge in [0.05, 0.1) is 25.8 Å². The zero-order valence-electron chi connectivity index (χ0n) is 13.9. The van der Waals surface area contributed by atoms with Crippen molar-refractivity contribution in [3.05, 3.63) is 53.1 Å². The number of carbonyl (C=O) groups is 2. The summed E-state index contributed by atoms with van der Waals surface area (Å²) in [7, 11) is 2.82. The van der Waals surface area contributed by atoms with Crippen LogP contribution in [-0.2, 0) is 0 Å². The lowest BCUT2D eigenvalue weighted by molar-refractivity contribution is 0.0695. The summed E-state index contributed by atoms with van der Waals surface area (Å²) in [6.45, 7) is 1.61. The summed E-state index contributed by atoms with van der Waals surface area (Å²) in [5, 5.41) is 11.4. The molecule has 132 valence electrons. The molecule has 1 aromatic heterocycles. The highest BCUT2D eigenvalue weighted by Crippen LogP contribution is 2.32. The minimum absolute atomic E-state index is 0.0257. The first kappa shape index (κ1) is 18.2. The fraction of sp³-hybridized carbons (Fsp3) is 0.235. The van der Waals surface area contributed by atoms with E-state index in [9.17, 15) is 14.0 Å².